The molecule has 0 fully saturated rings. The molecule has 62 valence electrons. The minimum absolute atomic E-state index is 0.303. The van der Waals surface area contributed by atoms with Gasteiger partial charge in [-0.1, -0.05) is 18.1 Å². The molecule has 0 aliphatic heterocycles. The van der Waals surface area contributed by atoms with Crippen LogP contribution < -0.4 is 0 Å². The molecule has 1 atom stereocenters. The molecule has 1 aromatic heterocycles. The van der Waals surface area contributed by atoms with Gasteiger partial charge in [0.2, 0.25) is 5.95 Å². The minimum atomic E-state index is -0.535. The fraction of sp³-hybridized carbons (Fsp3) is 0.286. The SMILES string of the molecule is C[C@@H](N=[N+]=[N-])c1ccc(F)nc1. The lowest BCUT2D eigenvalue weighted by Gasteiger charge is -2.01. The first kappa shape index (κ1) is 8.49. The van der Waals surface area contributed by atoms with E-state index in [9.17, 15) is 4.39 Å². The van der Waals surface area contributed by atoms with Crippen molar-refractivity contribution in [1.82, 2.24) is 4.98 Å². The Bertz CT molecular complexity index is 302. The second-order valence-electron chi connectivity index (χ2n) is 2.30. The van der Waals surface area contributed by atoms with Crippen molar-refractivity contribution in [3.05, 3.63) is 40.3 Å². The molecular weight excluding hydrogens is 159 g/mol. The Morgan fingerprint density at radius 3 is 2.92 bits per heavy atom. The lowest BCUT2D eigenvalue weighted by molar-refractivity contribution is 0.580. The first-order valence-corrected chi connectivity index (χ1v) is 3.39. The lowest BCUT2D eigenvalue weighted by Crippen LogP contribution is -1.90. The van der Waals surface area contributed by atoms with Crippen LogP contribution in [0.15, 0.2) is 23.4 Å². The molecule has 12 heavy (non-hydrogen) atoms. The molecule has 0 unspecified atom stereocenters. The maximum absolute atomic E-state index is 12.3. The number of aromatic nitrogens is 1. The third-order valence-corrected chi connectivity index (χ3v) is 1.46. The first-order valence-electron chi connectivity index (χ1n) is 3.39. The van der Waals surface area contributed by atoms with Gasteiger partial charge in [0, 0.05) is 11.1 Å². The van der Waals surface area contributed by atoms with Gasteiger partial charge >= 0.3 is 0 Å². The highest BCUT2D eigenvalue weighted by atomic mass is 19.1. The average Bonchev–Trinajstić information content (AvgIpc) is 2.06. The van der Waals surface area contributed by atoms with Gasteiger partial charge in [0.1, 0.15) is 0 Å². The van der Waals surface area contributed by atoms with Crippen molar-refractivity contribution in [3.8, 4) is 0 Å². The van der Waals surface area contributed by atoms with Crippen LogP contribution in [-0.4, -0.2) is 4.98 Å². The van der Waals surface area contributed by atoms with Gasteiger partial charge in [-0.3, -0.25) is 0 Å². The van der Waals surface area contributed by atoms with Gasteiger partial charge in [0.15, 0.2) is 0 Å². The Hall–Kier alpha value is -1.61. The molecule has 0 saturated heterocycles. The molecule has 0 radical (unpaired) electrons. The number of azide groups is 1. The second kappa shape index (κ2) is 3.69. The predicted molar refractivity (Wildman–Crippen MR) is 41.8 cm³/mol. The van der Waals surface area contributed by atoms with Crippen LogP contribution in [0.25, 0.3) is 10.4 Å². The van der Waals surface area contributed by atoms with Crippen molar-refractivity contribution in [2.75, 3.05) is 0 Å². The Kier molecular flexibility index (Phi) is 2.61. The van der Waals surface area contributed by atoms with Crippen molar-refractivity contribution in [1.29, 1.82) is 0 Å². The summed E-state index contributed by atoms with van der Waals surface area (Å²) in [5, 5.41) is 3.44. The number of pyridine rings is 1. The Balaban J connectivity index is 2.89. The van der Waals surface area contributed by atoms with E-state index in [0.717, 1.165) is 0 Å². The molecule has 1 aromatic rings. The largest absolute Gasteiger partial charge is 0.228 e. The summed E-state index contributed by atoms with van der Waals surface area (Å²) in [4.78, 5) is 6.07. The fourth-order valence-corrected chi connectivity index (χ4v) is 0.779. The van der Waals surface area contributed by atoms with E-state index in [2.05, 4.69) is 15.0 Å². The van der Waals surface area contributed by atoms with Crippen molar-refractivity contribution in [3.63, 3.8) is 0 Å². The van der Waals surface area contributed by atoms with Crippen molar-refractivity contribution in [2.45, 2.75) is 13.0 Å². The van der Waals surface area contributed by atoms with Crippen LogP contribution in [0.3, 0.4) is 0 Å². The fourth-order valence-electron chi connectivity index (χ4n) is 0.779. The van der Waals surface area contributed by atoms with Crippen molar-refractivity contribution >= 4 is 0 Å². The normalized spacial score (nSPS) is 11.8. The zero-order valence-corrected chi connectivity index (χ0v) is 6.48. The van der Waals surface area contributed by atoms with Gasteiger partial charge in [-0.05, 0) is 17.2 Å². The average molecular weight is 166 g/mol. The number of hydrogen-bond donors (Lipinski definition) is 0. The summed E-state index contributed by atoms with van der Waals surface area (Å²) in [6, 6.07) is 2.48. The minimum Gasteiger partial charge on any atom is -0.228 e. The molecule has 1 heterocycles. The highest BCUT2D eigenvalue weighted by Gasteiger charge is 2.02. The van der Waals surface area contributed by atoms with E-state index >= 15 is 0 Å². The Labute approximate surface area is 68.7 Å². The van der Waals surface area contributed by atoms with Crippen LogP contribution in [0.5, 0.6) is 0 Å². The van der Waals surface area contributed by atoms with E-state index < -0.39 is 5.95 Å². The highest BCUT2D eigenvalue weighted by Crippen LogP contribution is 2.14. The monoisotopic (exact) mass is 166 g/mol. The van der Waals surface area contributed by atoms with E-state index in [0.29, 0.717) is 5.56 Å². The van der Waals surface area contributed by atoms with Gasteiger partial charge in [0.25, 0.3) is 0 Å². The summed E-state index contributed by atoms with van der Waals surface area (Å²) in [7, 11) is 0. The van der Waals surface area contributed by atoms with Crippen molar-refractivity contribution in [2.24, 2.45) is 5.11 Å². The number of hydrogen-bond acceptors (Lipinski definition) is 2. The van der Waals surface area contributed by atoms with Crippen LogP contribution in [0.1, 0.15) is 18.5 Å². The summed E-state index contributed by atoms with van der Waals surface area (Å²) in [6.07, 6.45) is 1.36. The quantitative estimate of drug-likeness (QED) is 0.288. The van der Waals surface area contributed by atoms with Crippen LogP contribution in [0.4, 0.5) is 4.39 Å². The van der Waals surface area contributed by atoms with Crippen molar-refractivity contribution < 1.29 is 4.39 Å². The van der Waals surface area contributed by atoms with Gasteiger partial charge in [0.05, 0.1) is 6.04 Å². The molecule has 1 rings (SSSR count). The van der Waals surface area contributed by atoms with Crippen LogP contribution in [0.2, 0.25) is 0 Å². The maximum atomic E-state index is 12.3. The van der Waals surface area contributed by atoms with E-state index in [1.165, 1.54) is 12.3 Å². The third kappa shape index (κ3) is 1.93. The van der Waals surface area contributed by atoms with Gasteiger partial charge in [-0.15, -0.1) is 0 Å². The van der Waals surface area contributed by atoms with Crippen LogP contribution in [0, 0.1) is 5.95 Å². The van der Waals surface area contributed by atoms with Gasteiger partial charge in [-0.25, -0.2) is 4.98 Å². The molecule has 0 bridgehead atoms. The van der Waals surface area contributed by atoms with E-state index in [-0.39, 0.29) is 6.04 Å². The summed E-state index contributed by atoms with van der Waals surface area (Å²) in [6.45, 7) is 1.72. The molecule has 0 aliphatic carbocycles. The predicted octanol–water partition coefficient (Wildman–Crippen LogP) is 2.59. The van der Waals surface area contributed by atoms with E-state index in [4.69, 9.17) is 5.53 Å². The standard InChI is InChI=1S/C7H7FN4/c1-5(11-12-9)6-2-3-7(8)10-4-6/h2-5H,1H3/t5-/m1/s1. The Morgan fingerprint density at radius 2 is 2.42 bits per heavy atom. The molecule has 0 spiro atoms. The van der Waals surface area contributed by atoms with Crippen LogP contribution in [-0.2, 0) is 0 Å². The number of nitrogens with zero attached hydrogens (tertiary/aromatic N) is 4. The summed E-state index contributed by atoms with van der Waals surface area (Å²) in [5.41, 5.74) is 8.82. The van der Waals surface area contributed by atoms with E-state index in [1.54, 1.807) is 13.0 Å². The first-order chi connectivity index (χ1) is 5.74. The highest BCUT2D eigenvalue weighted by molar-refractivity contribution is 5.13. The summed E-state index contributed by atoms with van der Waals surface area (Å²) >= 11 is 0. The van der Waals surface area contributed by atoms with E-state index in [1.807, 2.05) is 0 Å². The summed E-state index contributed by atoms with van der Waals surface area (Å²) < 4.78 is 12.3. The van der Waals surface area contributed by atoms with Gasteiger partial charge < -0.3 is 0 Å². The van der Waals surface area contributed by atoms with Gasteiger partial charge in [-0.2, -0.15) is 4.39 Å². The molecule has 4 nitrogen and oxygen atoms in total. The molecule has 0 saturated carbocycles. The zero-order chi connectivity index (χ0) is 8.97. The lowest BCUT2D eigenvalue weighted by atomic mass is 10.2. The molecule has 0 aromatic carbocycles. The molecule has 0 N–H and O–H groups in total. The topological polar surface area (TPSA) is 61.7 Å². The third-order valence-electron chi connectivity index (χ3n) is 1.46. The summed E-state index contributed by atoms with van der Waals surface area (Å²) in [5.74, 6) is -0.535. The van der Waals surface area contributed by atoms with Crippen LogP contribution >= 0.6 is 0 Å². The molecular formula is C7H7FN4. The number of halogens is 1. The number of rotatable bonds is 2. The zero-order valence-electron chi connectivity index (χ0n) is 6.48. The molecule has 0 amide bonds. The molecule has 0 aliphatic rings. The Morgan fingerprint density at radius 1 is 1.67 bits per heavy atom. The maximum Gasteiger partial charge on any atom is 0.212 e. The second-order valence-corrected chi connectivity index (χ2v) is 2.30. The molecule has 5 heteroatoms. The smallest absolute Gasteiger partial charge is 0.212 e.